The Kier molecular flexibility index (Phi) is 4.44. The van der Waals surface area contributed by atoms with Gasteiger partial charge in [0.1, 0.15) is 5.82 Å². The molecule has 0 heterocycles. The molecular formula is C13H21FN2. The molecule has 0 aliphatic heterocycles. The maximum Gasteiger partial charge on any atom is 0.123 e. The molecule has 0 fully saturated rings. The van der Waals surface area contributed by atoms with Crippen molar-refractivity contribution in [2.45, 2.75) is 39.7 Å². The first-order chi connectivity index (χ1) is 7.40. The number of benzene rings is 1. The van der Waals surface area contributed by atoms with Crippen LogP contribution in [0.3, 0.4) is 0 Å². The lowest BCUT2D eigenvalue weighted by Crippen LogP contribution is -2.39. The number of rotatable bonds is 4. The maximum atomic E-state index is 13.0. The van der Waals surface area contributed by atoms with Gasteiger partial charge in [0.15, 0.2) is 0 Å². The largest absolute Gasteiger partial charge is 0.271 e. The second kappa shape index (κ2) is 5.41. The van der Waals surface area contributed by atoms with Crippen LogP contribution in [0.5, 0.6) is 0 Å². The first kappa shape index (κ1) is 13.1. The lowest BCUT2D eigenvalue weighted by atomic mass is 9.86. The van der Waals surface area contributed by atoms with Crippen molar-refractivity contribution < 1.29 is 4.39 Å². The molecule has 1 aromatic rings. The van der Waals surface area contributed by atoms with Crippen molar-refractivity contribution in [3.8, 4) is 0 Å². The Hall–Kier alpha value is -0.930. The summed E-state index contributed by atoms with van der Waals surface area (Å²) in [5, 5.41) is 0. The second-order valence-corrected chi connectivity index (χ2v) is 5.46. The molecular weight excluding hydrogens is 203 g/mol. The summed E-state index contributed by atoms with van der Waals surface area (Å²) in [5.74, 6) is 5.33. The molecule has 0 bridgehead atoms. The predicted octanol–water partition coefficient (Wildman–Crippen LogP) is 2.64. The van der Waals surface area contributed by atoms with Gasteiger partial charge >= 0.3 is 0 Å². The minimum Gasteiger partial charge on any atom is -0.271 e. The van der Waals surface area contributed by atoms with E-state index in [1.54, 1.807) is 12.1 Å². The molecule has 0 aromatic heterocycles. The zero-order valence-electron chi connectivity index (χ0n) is 10.3. The van der Waals surface area contributed by atoms with Crippen LogP contribution < -0.4 is 11.3 Å². The third-order valence-electron chi connectivity index (χ3n) is 2.47. The molecule has 0 aliphatic rings. The van der Waals surface area contributed by atoms with Crippen LogP contribution >= 0.6 is 0 Å². The first-order valence-corrected chi connectivity index (χ1v) is 5.61. The fourth-order valence-corrected chi connectivity index (χ4v) is 1.88. The summed E-state index contributed by atoms with van der Waals surface area (Å²) in [6.07, 6.45) is 1.71. The summed E-state index contributed by atoms with van der Waals surface area (Å²) in [4.78, 5) is 0. The maximum absolute atomic E-state index is 13.0. The molecule has 1 atom stereocenters. The highest BCUT2D eigenvalue weighted by atomic mass is 19.1. The van der Waals surface area contributed by atoms with Crippen LogP contribution in [0.25, 0.3) is 0 Å². The Morgan fingerprint density at radius 3 is 2.56 bits per heavy atom. The monoisotopic (exact) mass is 224 g/mol. The van der Waals surface area contributed by atoms with Crippen LogP contribution in [0, 0.1) is 11.2 Å². The average Bonchev–Trinajstić information content (AvgIpc) is 2.14. The molecule has 1 unspecified atom stereocenters. The number of halogens is 1. The molecule has 0 aliphatic carbocycles. The normalized spacial score (nSPS) is 13.8. The number of nitrogens with one attached hydrogen (secondary N) is 1. The van der Waals surface area contributed by atoms with E-state index in [0.717, 1.165) is 18.4 Å². The van der Waals surface area contributed by atoms with Gasteiger partial charge in [-0.2, -0.15) is 0 Å². The van der Waals surface area contributed by atoms with E-state index in [4.69, 9.17) is 5.84 Å². The zero-order valence-corrected chi connectivity index (χ0v) is 10.3. The third-order valence-corrected chi connectivity index (χ3v) is 2.47. The van der Waals surface area contributed by atoms with Gasteiger partial charge in [-0.3, -0.25) is 11.3 Å². The minimum absolute atomic E-state index is 0.182. The molecule has 90 valence electrons. The predicted molar refractivity (Wildman–Crippen MR) is 65.3 cm³/mol. The van der Waals surface area contributed by atoms with Gasteiger partial charge in [0.05, 0.1) is 0 Å². The van der Waals surface area contributed by atoms with Crippen LogP contribution in [-0.4, -0.2) is 6.04 Å². The van der Waals surface area contributed by atoms with Crippen molar-refractivity contribution in [3.05, 3.63) is 35.6 Å². The molecule has 1 aromatic carbocycles. The number of nitrogens with two attached hydrogens (primary N) is 1. The highest BCUT2D eigenvalue weighted by Crippen LogP contribution is 2.22. The minimum atomic E-state index is -0.191. The Labute approximate surface area is 97.0 Å². The van der Waals surface area contributed by atoms with Gasteiger partial charge < -0.3 is 0 Å². The molecule has 2 nitrogen and oxygen atoms in total. The summed E-state index contributed by atoms with van der Waals surface area (Å²) in [6, 6.07) is 6.86. The first-order valence-electron chi connectivity index (χ1n) is 5.61. The van der Waals surface area contributed by atoms with Gasteiger partial charge in [-0.25, -0.2) is 4.39 Å². The average molecular weight is 224 g/mol. The van der Waals surface area contributed by atoms with E-state index >= 15 is 0 Å². The summed E-state index contributed by atoms with van der Waals surface area (Å²) in [7, 11) is 0. The van der Waals surface area contributed by atoms with Crippen molar-refractivity contribution in [1.82, 2.24) is 5.43 Å². The van der Waals surface area contributed by atoms with Gasteiger partial charge in [0.25, 0.3) is 0 Å². The zero-order chi connectivity index (χ0) is 12.2. The Morgan fingerprint density at radius 1 is 1.38 bits per heavy atom. The van der Waals surface area contributed by atoms with Crippen molar-refractivity contribution in [2.75, 3.05) is 0 Å². The number of hydrogen-bond acceptors (Lipinski definition) is 2. The van der Waals surface area contributed by atoms with Crippen molar-refractivity contribution in [3.63, 3.8) is 0 Å². The fourth-order valence-electron chi connectivity index (χ4n) is 1.88. The van der Waals surface area contributed by atoms with Crippen LogP contribution in [0.1, 0.15) is 32.8 Å². The standard InChI is InChI=1S/C13H21FN2/c1-13(2,3)9-12(16-15)8-10-5-4-6-11(14)7-10/h4-7,12,16H,8-9,15H2,1-3H3. The van der Waals surface area contributed by atoms with Crippen LogP contribution in [0.2, 0.25) is 0 Å². The molecule has 16 heavy (non-hydrogen) atoms. The summed E-state index contributed by atoms with van der Waals surface area (Å²) in [6.45, 7) is 6.51. The fraction of sp³-hybridized carbons (Fsp3) is 0.538. The van der Waals surface area contributed by atoms with Gasteiger partial charge in [0, 0.05) is 6.04 Å². The van der Waals surface area contributed by atoms with Gasteiger partial charge in [0.2, 0.25) is 0 Å². The van der Waals surface area contributed by atoms with Crippen LogP contribution in [0.15, 0.2) is 24.3 Å². The second-order valence-electron chi connectivity index (χ2n) is 5.46. The van der Waals surface area contributed by atoms with Crippen molar-refractivity contribution >= 4 is 0 Å². The summed E-state index contributed by atoms with van der Waals surface area (Å²) in [5.41, 5.74) is 4.00. The molecule has 1 rings (SSSR count). The molecule has 0 amide bonds. The molecule has 0 saturated heterocycles. The molecule has 3 N–H and O–H groups in total. The highest BCUT2D eigenvalue weighted by Gasteiger charge is 2.18. The summed E-state index contributed by atoms with van der Waals surface area (Å²) < 4.78 is 13.0. The van der Waals surface area contributed by atoms with Crippen LogP contribution in [0.4, 0.5) is 4.39 Å². The Bertz CT molecular complexity index is 331. The van der Waals surface area contributed by atoms with E-state index in [9.17, 15) is 4.39 Å². The molecule has 0 radical (unpaired) electrons. The lowest BCUT2D eigenvalue weighted by Gasteiger charge is -2.25. The van der Waals surface area contributed by atoms with E-state index in [-0.39, 0.29) is 17.3 Å². The van der Waals surface area contributed by atoms with Gasteiger partial charge in [-0.15, -0.1) is 0 Å². The Balaban J connectivity index is 2.63. The highest BCUT2D eigenvalue weighted by molar-refractivity contribution is 5.17. The third kappa shape index (κ3) is 4.73. The summed E-state index contributed by atoms with van der Waals surface area (Å²) >= 11 is 0. The van der Waals surface area contributed by atoms with E-state index in [2.05, 4.69) is 26.2 Å². The van der Waals surface area contributed by atoms with E-state index in [0.29, 0.717) is 0 Å². The van der Waals surface area contributed by atoms with Crippen LogP contribution in [-0.2, 0) is 6.42 Å². The van der Waals surface area contributed by atoms with E-state index in [1.807, 2.05) is 6.07 Å². The number of hydrazine groups is 1. The van der Waals surface area contributed by atoms with Crippen molar-refractivity contribution in [2.24, 2.45) is 11.3 Å². The lowest BCUT2D eigenvalue weighted by molar-refractivity contribution is 0.308. The van der Waals surface area contributed by atoms with E-state index < -0.39 is 0 Å². The van der Waals surface area contributed by atoms with E-state index in [1.165, 1.54) is 6.07 Å². The van der Waals surface area contributed by atoms with Gasteiger partial charge in [-0.05, 0) is 36.0 Å². The topological polar surface area (TPSA) is 38.0 Å². The number of hydrogen-bond donors (Lipinski definition) is 2. The van der Waals surface area contributed by atoms with Gasteiger partial charge in [-0.1, -0.05) is 32.9 Å². The molecule has 3 heteroatoms. The smallest absolute Gasteiger partial charge is 0.123 e. The Morgan fingerprint density at radius 2 is 2.06 bits per heavy atom. The quantitative estimate of drug-likeness (QED) is 0.609. The molecule has 0 spiro atoms. The molecule has 0 saturated carbocycles. The SMILES string of the molecule is CC(C)(C)CC(Cc1cccc(F)c1)NN. The van der Waals surface area contributed by atoms with Crippen molar-refractivity contribution in [1.29, 1.82) is 0 Å².